The van der Waals surface area contributed by atoms with Gasteiger partial charge in [-0.25, -0.2) is 0 Å². The Balaban J connectivity index is 0.00000210. The quantitative estimate of drug-likeness (QED) is 0.332. The Morgan fingerprint density at radius 3 is 1.41 bits per heavy atom. The largest absolute Gasteiger partial charge is 1.00 e. The molecule has 0 amide bonds. The Bertz CT molecular complexity index is 921. The lowest BCUT2D eigenvalue weighted by Gasteiger charge is -2.21. The standard InChI is InChI=1S/C24H18PS.BrH/c1-4-10-22(11-5-1)25(23-12-6-2-7-13-23,24-14-8-3-9-15-24)18-16-21-17-19-26-20-21;/h1-15,17,19-20H;1H/q+1;/p-1. The molecule has 0 aliphatic heterocycles. The van der Waals surface area contributed by atoms with Crippen LogP contribution in [0.15, 0.2) is 108 Å². The summed E-state index contributed by atoms with van der Waals surface area (Å²) in [5.74, 6) is 3.47. The molecule has 3 heteroatoms. The predicted molar refractivity (Wildman–Crippen MR) is 116 cm³/mol. The summed E-state index contributed by atoms with van der Waals surface area (Å²) in [6, 6.07) is 34.3. The molecule has 0 unspecified atom stereocenters. The van der Waals surface area contributed by atoms with Crippen molar-refractivity contribution in [2.45, 2.75) is 0 Å². The van der Waals surface area contributed by atoms with E-state index in [4.69, 9.17) is 0 Å². The molecule has 1 aromatic heterocycles. The highest BCUT2D eigenvalue weighted by Crippen LogP contribution is 2.54. The van der Waals surface area contributed by atoms with Crippen molar-refractivity contribution in [2.24, 2.45) is 0 Å². The first-order chi connectivity index (χ1) is 12.9. The first-order valence-corrected chi connectivity index (χ1v) is 11.2. The van der Waals surface area contributed by atoms with E-state index in [1.807, 2.05) is 0 Å². The maximum absolute atomic E-state index is 3.75. The summed E-state index contributed by atoms with van der Waals surface area (Å²) in [5.41, 5.74) is 4.84. The Labute approximate surface area is 176 Å². The first-order valence-electron chi connectivity index (χ1n) is 8.51. The van der Waals surface area contributed by atoms with Gasteiger partial charge in [0.1, 0.15) is 15.9 Å². The molecule has 4 aromatic rings. The van der Waals surface area contributed by atoms with Gasteiger partial charge in [0.05, 0.1) is 5.66 Å². The van der Waals surface area contributed by atoms with Crippen LogP contribution in [0.4, 0.5) is 0 Å². The third kappa shape index (κ3) is 4.07. The van der Waals surface area contributed by atoms with Gasteiger partial charge < -0.3 is 17.0 Å². The molecule has 132 valence electrons. The van der Waals surface area contributed by atoms with E-state index in [9.17, 15) is 0 Å². The van der Waals surface area contributed by atoms with Gasteiger partial charge in [-0.15, -0.1) is 0 Å². The van der Waals surface area contributed by atoms with Crippen LogP contribution in [-0.4, -0.2) is 0 Å². The molecule has 0 aliphatic carbocycles. The van der Waals surface area contributed by atoms with Crippen LogP contribution in [0, 0.1) is 11.6 Å². The number of thiophene rings is 1. The van der Waals surface area contributed by atoms with E-state index in [1.54, 1.807) is 11.3 Å². The van der Waals surface area contributed by atoms with Crippen LogP contribution in [0.3, 0.4) is 0 Å². The molecule has 0 atom stereocenters. The van der Waals surface area contributed by atoms with Gasteiger partial charge in [-0.1, -0.05) is 54.6 Å². The van der Waals surface area contributed by atoms with Gasteiger partial charge in [-0.05, 0) is 53.8 Å². The molecule has 0 aliphatic rings. The molecule has 0 bridgehead atoms. The molecule has 1 heterocycles. The van der Waals surface area contributed by atoms with Gasteiger partial charge in [-0.2, -0.15) is 11.3 Å². The predicted octanol–water partition coefficient (Wildman–Crippen LogP) is 2.06. The highest BCUT2D eigenvalue weighted by atomic mass is 79.9. The van der Waals surface area contributed by atoms with Crippen molar-refractivity contribution in [1.29, 1.82) is 0 Å². The number of benzene rings is 3. The van der Waals surface area contributed by atoms with Gasteiger partial charge in [0.15, 0.2) is 7.26 Å². The zero-order valence-corrected chi connectivity index (χ0v) is 17.9. The summed E-state index contributed by atoms with van der Waals surface area (Å²) >= 11 is 1.69. The van der Waals surface area contributed by atoms with Crippen LogP contribution in [0.5, 0.6) is 0 Å². The van der Waals surface area contributed by atoms with Crippen LogP contribution in [0.2, 0.25) is 0 Å². The summed E-state index contributed by atoms with van der Waals surface area (Å²) in [5, 5.41) is 8.07. The van der Waals surface area contributed by atoms with Crippen molar-refractivity contribution >= 4 is 34.5 Å². The molecule has 0 nitrogen and oxygen atoms in total. The number of hydrogen-bond donors (Lipinski definition) is 0. The molecule has 4 rings (SSSR count). The van der Waals surface area contributed by atoms with Crippen molar-refractivity contribution in [3.8, 4) is 11.6 Å². The van der Waals surface area contributed by atoms with E-state index in [-0.39, 0.29) is 17.0 Å². The summed E-state index contributed by atoms with van der Waals surface area (Å²) < 4.78 is 0. The zero-order valence-electron chi connectivity index (χ0n) is 14.6. The van der Waals surface area contributed by atoms with Gasteiger partial charge in [0.2, 0.25) is 0 Å². The second-order valence-electron chi connectivity index (χ2n) is 5.93. The minimum atomic E-state index is -2.05. The van der Waals surface area contributed by atoms with Crippen LogP contribution in [-0.2, 0) is 0 Å². The third-order valence-corrected chi connectivity index (χ3v) is 8.67. The van der Waals surface area contributed by atoms with E-state index >= 15 is 0 Å². The lowest BCUT2D eigenvalue weighted by Crippen LogP contribution is -3.00. The minimum absolute atomic E-state index is 0. The normalized spacial score (nSPS) is 10.4. The second-order valence-corrected chi connectivity index (χ2v) is 9.82. The molecule has 0 radical (unpaired) electrons. The molecule has 0 saturated carbocycles. The van der Waals surface area contributed by atoms with Gasteiger partial charge in [0.25, 0.3) is 0 Å². The first kappa shape index (κ1) is 19.6. The molecule has 0 spiro atoms. The van der Waals surface area contributed by atoms with E-state index in [2.05, 4.69) is 119 Å². The third-order valence-electron chi connectivity index (χ3n) is 4.32. The molecule has 3 aromatic carbocycles. The molecule has 0 saturated heterocycles. The van der Waals surface area contributed by atoms with Crippen molar-refractivity contribution in [3.05, 3.63) is 113 Å². The number of rotatable bonds is 3. The van der Waals surface area contributed by atoms with Gasteiger partial charge in [-0.3, -0.25) is 0 Å². The van der Waals surface area contributed by atoms with Gasteiger partial charge in [0, 0.05) is 10.9 Å². The molecular weight excluding hydrogens is 431 g/mol. The van der Waals surface area contributed by atoms with Crippen LogP contribution in [0.1, 0.15) is 5.56 Å². The topological polar surface area (TPSA) is 0 Å². The summed E-state index contributed by atoms with van der Waals surface area (Å²) in [7, 11) is -2.05. The number of halogens is 1. The Kier molecular flexibility index (Phi) is 6.64. The highest BCUT2D eigenvalue weighted by molar-refractivity contribution is 7.99. The lowest BCUT2D eigenvalue weighted by molar-refractivity contribution is -0.00000486. The van der Waals surface area contributed by atoms with Gasteiger partial charge >= 0.3 is 0 Å². The Morgan fingerprint density at radius 2 is 1.04 bits per heavy atom. The maximum atomic E-state index is 3.75. The van der Waals surface area contributed by atoms with Crippen LogP contribution < -0.4 is 32.9 Å². The second kappa shape index (κ2) is 9.16. The fourth-order valence-corrected chi connectivity index (χ4v) is 7.10. The zero-order chi connectivity index (χ0) is 17.7. The fraction of sp³-hybridized carbons (Fsp3) is 0. The van der Waals surface area contributed by atoms with E-state index in [0.717, 1.165) is 5.56 Å². The van der Waals surface area contributed by atoms with Crippen LogP contribution in [0.25, 0.3) is 0 Å². The highest BCUT2D eigenvalue weighted by Gasteiger charge is 2.44. The van der Waals surface area contributed by atoms with Crippen molar-refractivity contribution in [3.63, 3.8) is 0 Å². The van der Waals surface area contributed by atoms with Crippen molar-refractivity contribution in [2.75, 3.05) is 0 Å². The Morgan fingerprint density at radius 1 is 0.593 bits per heavy atom. The Hall–Kier alpha value is -2.17. The summed E-state index contributed by atoms with van der Waals surface area (Å²) in [6.45, 7) is 0. The minimum Gasteiger partial charge on any atom is -1.00 e. The fourth-order valence-electron chi connectivity index (χ4n) is 3.08. The molecule has 0 fully saturated rings. The number of hydrogen-bond acceptors (Lipinski definition) is 1. The molecule has 27 heavy (non-hydrogen) atoms. The maximum Gasteiger partial charge on any atom is 0.189 e. The summed E-state index contributed by atoms with van der Waals surface area (Å²) in [6.07, 6.45) is 0. The van der Waals surface area contributed by atoms with Crippen LogP contribution >= 0.6 is 18.6 Å². The van der Waals surface area contributed by atoms with E-state index < -0.39 is 7.26 Å². The molecule has 0 N–H and O–H groups in total. The lowest BCUT2D eigenvalue weighted by atomic mass is 10.3. The molecular formula is C24H18BrPS. The average Bonchev–Trinajstić information content (AvgIpc) is 3.25. The smallest absolute Gasteiger partial charge is 0.189 e. The van der Waals surface area contributed by atoms with Crippen molar-refractivity contribution < 1.29 is 17.0 Å². The van der Waals surface area contributed by atoms with Crippen molar-refractivity contribution in [1.82, 2.24) is 0 Å². The van der Waals surface area contributed by atoms with E-state index in [0.29, 0.717) is 0 Å². The average molecular weight is 449 g/mol. The summed E-state index contributed by atoms with van der Waals surface area (Å²) in [4.78, 5) is 0. The monoisotopic (exact) mass is 448 g/mol. The SMILES string of the molecule is C(#C[P+](c1ccccc1)(c1ccccc1)c1ccccc1)c1ccsc1.[Br-]. The van der Waals surface area contributed by atoms with E-state index in [1.165, 1.54) is 15.9 Å².